The fourth-order valence-electron chi connectivity index (χ4n) is 1.78. The molecular weight excluding hydrogens is 316 g/mol. The Morgan fingerprint density at radius 3 is 2.85 bits per heavy atom. The van der Waals surface area contributed by atoms with Crippen molar-refractivity contribution in [2.75, 3.05) is 33.7 Å². The standard InChI is InChI=1S/C15H27BrN4/c1-13(2)11-17-8-6-5-7-15-14(16)12-18-20(15)10-9-19(3)4/h5,7,12-13,17H,6,8-11H2,1-4H3/b7-5+. The Morgan fingerprint density at radius 2 is 2.20 bits per heavy atom. The zero-order chi connectivity index (χ0) is 15.0. The first kappa shape index (κ1) is 17.4. The Morgan fingerprint density at radius 1 is 1.45 bits per heavy atom. The molecule has 1 aromatic heterocycles. The van der Waals surface area contributed by atoms with Gasteiger partial charge in [0.25, 0.3) is 0 Å². The Labute approximate surface area is 131 Å². The highest BCUT2D eigenvalue weighted by Crippen LogP contribution is 2.17. The summed E-state index contributed by atoms with van der Waals surface area (Å²) in [6.07, 6.45) is 7.27. The summed E-state index contributed by atoms with van der Waals surface area (Å²) in [5.74, 6) is 0.709. The van der Waals surface area contributed by atoms with Gasteiger partial charge in [-0.15, -0.1) is 0 Å². The minimum atomic E-state index is 0.709. The summed E-state index contributed by atoms with van der Waals surface area (Å²) in [5.41, 5.74) is 1.15. The normalized spacial score (nSPS) is 12.2. The minimum Gasteiger partial charge on any atom is -0.316 e. The van der Waals surface area contributed by atoms with Crippen LogP contribution in [0.15, 0.2) is 16.7 Å². The largest absolute Gasteiger partial charge is 0.316 e. The summed E-state index contributed by atoms with van der Waals surface area (Å²) in [4.78, 5) is 2.17. The van der Waals surface area contributed by atoms with Gasteiger partial charge >= 0.3 is 0 Å². The van der Waals surface area contributed by atoms with E-state index in [4.69, 9.17) is 0 Å². The molecule has 0 bridgehead atoms. The van der Waals surface area contributed by atoms with Crippen molar-refractivity contribution in [3.8, 4) is 0 Å². The monoisotopic (exact) mass is 342 g/mol. The first-order valence-corrected chi connectivity index (χ1v) is 8.03. The van der Waals surface area contributed by atoms with E-state index in [1.165, 1.54) is 0 Å². The number of hydrogen-bond donors (Lipinski definition) is 1. The first-order valence-electron chi connectivity index (χ1n) is 7.24. The van der Waals surface area contributed by atoms with Gasteiger partial charge in [0, 0.05) is 6.54 Å². The van der Waals surface area contributed by atoms with Crippen LogP contribution in [0.1, 0.15) is 26.0 Å². The van der Waals surface area contributed by atoms with Crippen LogP contribution in [0.3, 0.4) is 0 Å². The Hall–Kier alpha value is -0.650. The molecule has 0 saturated heterocycles. The fraction of sp³-hybridized carbons (Fsp3) is 0.667. The lowest BCUT2D eigenvalue weighted by Gasteiger charge is -2.10. The molecule has 5 heteroatoms. The summed E-state index contributed by atoms with van der Waals surface area (Å²) >= 11 is 3.56. The third-order valence-corrected chi connectivity index (χ3v) is 3.52. The van der Waals surface area contributed by atoms with Crippen LogP contribution in [0, 0.1) is 5.92 Å². The lowest BCUT2D eigenvalue weighted by atomic mass is 10.2. The van der Waals surface area contributed by atoms with E-state index in [0.717, 1.165) is 42.8 Å². The van der Waals surface area contributed by atoms with E-state index in [9.17, 15) is 0 Å². The molecular formula is C15H27BrN4. The number of nitrogens with zero attached hydrogens (tertiary/aromatic N) is 3. The number of hydrogen-bond acceptors (Lipinski definition) is 3. The molecule has 0 spiro atoms. The van der Waals surface area contributed by atoms with Crippen LogP contribution >= 0.6 is 15.9 Å². The molecule has 0 saturated carbocycles. The second kappa shape index (κ2) is 9.32. The molecule has 4 nitrogen and oxygen atoms in total. The number of aromatic nitrogens is 2. The fourth-order valence-corrected chi connectivity index (χ4v) is 2.21. The van der Waals surface area contributed by atoms with Crippen LogP contribution in [-0.2, 0) is 6.54 Å². The van der Waals surface area contributed by atoms with Crippen LogP contribution in [0.2, 0.25) is 0 Å². The van der Waals surface area contributed by atoms with Gasteiger partial charge in [-0.3, -0.25) is 4.68 Å². The van der Waals surface area contributed by atoms with Gasteiger partial charge in [0.2, 0.25) is 0 Å². The second-order valence-electron chi connectivity index (χ2n) is 5.69. The smallest absolute Gasteiger partial charge is 0.0749 e. The summed E-state index contributed by atoms with van der Waals surface area (Å²) in [6, 6.07) is 0. The van der Waals surface area contributed by atoms with Crippen molar-refractivity contribution < 1.29 is 0 Å². The Kier molecular flexibility index (Phi) is 8.11. The van der Waals surface area contributed by atoms with Crippen molar-refractivity contribution in [1.82, 2.24) is 20.0 Å². The highest BCUT2D eigenvalue weighted by Gasteiger charge is 2.05. The molecule has 114 valence electrons. The molecule has 0 fully saturated rings. The molecule has 0 unspecified atom stereocenters. The molecule has 0 aliphatic rings. The third kappa shape index (κ3) is 6.68. The van der Waals surface area contributed by atoms with E-state index in [-0.39, 0.29) is 0 Å². The van der Waals surface area contributed by atoms with Gasteiger partial charge < -0.3 is 10.2 Å². The van der Waals surface area contributed by atoms with Crippen molar-refractivity contribution in [2.45, 2.75) is 26.8 Å². The van der Waals surface area contributed by atoms with Gasteiger partial charge in [-0.25, -0.2) is 0 Å². The van der Waals surface area contributed by atoms with E-state index in [1.807, 2.05) is 10.9 Å². The molecule has 0 aromatic carbocycles. The summed E-state index contributed by atoms with van der Waals surface area (Å²) in [7, 11) is 4.16. The van der Waals surface area contributed by atoms with Crippen LogP contribution in [0.25, 0.3) is 6.08 Å². The molecule has 1 rings (SSSR count). The molecule has 0 radical (unpaired) electrons. The number of likely N-dealkylation sites (N-methyl/N-ethyl adjacent to an activating group) is 1. The van der Waals surface area contributed by atoms with E-state index in [2.05, 4.69) is 71.3 Å². The van der Waals surface area contributed by atoms with Crippen molar-refractivity contribution >= 4 is 22.0 Å². The van der Waals surface area contributed by atoms with E-state index in [0.29, 0.717) is 5.92 Å². The molecule has 0 aliphatic carbocycles. The van der Waals surface area contributed by atoms with Crippen molar-refractivity contribution in [1.29, 1.82) is 0 Å². The van der Waals surface area contributed by atoms with Gasteiger partial charge in [0.15, 0.2) is 0 Å². The zero-order valence-corrected chi connectivity index (χ0v) is 14.7. The van der Waals surface area contributed by atoms with E-state index in [1.54, 1.807) is 0 Å². The first-order chi connectivity index (χ1) is 9.50. The number of nitrogens with one attached hydrogen (secondary N) is 1. The van der Waals surface area contributed by atoms with Gasteiger partial charge in [-0.05, 0) is 61.5 Å². The summed E-state index contributed by atoms with van der Waals surface area (Å²) in [6.45, 7) is 8.46. The maximum atomic E-state index is 4.40. The predicted molar refractivity (Wildman–Crippen MR) is 89.8 cm³/mol. The van der Waals surface area contributed by atoms with Crippen LogP contribution < -0.4 is 5.32 Å². The number of halogens is 1. The van der Waals surface area contributed by atoms with Gasteiger partial charge in [0.05, 0.1) is 22.9 Å². The third-order valence-electron chi connectivity index (χ3n) is 2.91. The van der Waals surface area contributed by atoms with Crippen LogP contribution in [0.5, 0.6) is 0 Å². The maximum Gasteiger partial charge on any atom is 0.0749 e. The highest BCUT2D eigenvalue weighted by atomic mass is 79.9. The van der Waals surface area contributed by atoms with Crippen molar-refractivity contribution in [3.63, 3.8) is 0 Å². The topological polar surface area (TPSA) is 33.1 Å². The predicted octanol–water partition coefficient (Wildman–Crippen LogP) is 2.86. The molecule has 0 aliphatic heterocycles. The average Bonchev–Trinajstić information content (AvgIpc) is 2.72. The van der Waals surface area contributed by atoms with Gasteiger partial charge in [-0.1, -0.05) is 19.9 Å². The van der Waals surface area contributed by atoms with E-state index >= 15 is 0 Å². The lowest BCUT2D eigenvalue weighted by molar-refractivity contribution is 0.372. The molecule has 1 heterocycles. The molecule has 1 aromatic rings. The SMILES string of the molecule is CC(C)CNCC/C=C/c1c(Br)cnn1CCN(C)C. The molecule has 1 N–H and O–H groups in total. The highest BCUT2D eigenvalue weighted by molar-refractivity contribution is 9.10. The Balaban J connectivity index is 2.43. The van der Waals surface area contributed by atoms with Gasteiger partial charge in [0.1, 0.15) is 0 Å². The lowest BCUT2D eigenvalue weighted by Crippen LogP contribution is -2.20. The van der Waals surface area contributed by atoms with Crippen LogP contribution in [-0.4, -0.2) is 48.4 Å². The van der Waals surface area contributed by atoms with Gasteiger partial charge in [-0.2, -0.15) is 5.10 Å². The van der Waals surface area contributed by atoms with E-state index < -0.39 is 0 Å². The van der Waals surface area contributed by atoms with Crippen molar-refractivity contribution in [3.05, 3.63) is 22.4 Å². The van der Waals surface area contributed by atoms with Crippen LogP contribution in [0.4, 0.5) is 0 Å². The van der Waals surface area contributed by atoms with Crippen molar-refractivity contribution in [2.24, 2.45) is 5.92 Å². The average molecular weight is 343 g/mol. The number of rotatable bonds is 9. The molecule has 0 amide bonds. The molecule has 0 atom stereocenters. The zero-order valence-electron chi connectivity index (χ0n) is 13.1. The maximum absolute atomic E-state index is 4.40. The minimum absolute atomic E-state index is 0.709. The second-order valence-corrected chi connectivity index (χ2v) is 6.55. The Bertz CT molecular complexity index is 410. The quantitative estimate of drug-likeness (QED) is 0.700. The summed E-state index contributed by atoms with van der Waals surface area (Å²) in [5, 5.41) is 7.84. The molecule has 20 heavy (non-hydrogen) atoms. The summed E-state index contributed by atoms with van der Waals surface area (Å²) < 4.78 is 3.10.